The van der Waals surface area contributed by atoms with E-state index in [1.807, 2.05) is 54.6 Å². The summed E-state index contributed by atoms with van der Waals surface area (Å²) in [6.07, 6.45) is 1.46. The molecule has 1 unspecified atom stereocenters. The van der Waals surface area contributed by atoms with Gasteiger partial charge in [0.1, 0.15) is 6.61 Å². The SMILES string of the molecule is O=c1/c(=C\c2cccc3ccccc23)sc2nc(C3COc4ccccc4O3)nn12. The molecule has 0 saturated heterocycles. The highest BCUT2D eigenvalue weighted by Gasteiger charge is 2.27. The van der Waals surface area contributed by atoms with Crippen molar-refractivity contribution in [2.24, 2.45) is 0 Å². The summed E-state index contributed by atoms with van der Waals surface area (Å²) in [5, 5.41) is 6.65. The highest BCUT2D eigenvalue weighted by atomic mass is 32.1. The number of nitrogens with zero attached hydrogens (tertiary/aromatic N) is 3. The second kappa shape index (κ2) is 6.67. The van der Waals surface area contributed by atoms with Crippen LogP contribution in [0.5, 0.6) is 11.5 Å². The third-order valence-corrected chi connectivity index (χ3v) is 6.06. The second-order valence-electron chi connectivity index (χ2n) is 7.01. The molecule has 5 aromatic rings. The molecule has 1 atom stereocenters. The number of ether oxygens (including phenoxy) is 2. The average molecular weight is 413 g/mol. The number of fused-ring (bicyclic) bond motifs is 3. The summed E-state index contributed by atoms with van der Waals surface area (Å²) < 4.78 is 13.6. The van der Waals surface area contributed by atoms with Crippen molar-refractivity contribution in [3.05, 3.63) is 93.0 Å². The van der Waals surface area contributed by atoms with Crippen LogP contribution in [0.3, 0.4) is 0 Å². The summed E-state index contributed by atoms with van der Waals surface area (Å²) in [5.74, 6) is 1.80. The highest BCUT2D eigenvalue weighted by Crippen LogP contribution is 2.35. The Hall–Kier alpha value is -3.71. The van der Waals surface area contributed by atoms with Crippen molar-refractivity contribution in [2.75, 3.05) is 6.61 Å². The van der Waals surface area contributed by atoms with Gasteiger partial charge in [-0.15, -0.1) is 5.10 Å². The molecule has 6 nitrogen and oxygen atoms in total. The average Bonchev–Trinajstić information content (AvgIpc) is 3.33. The Morgan fingerprint density at radius 3 is 2.70 bits per heavy atom. The Bertz CT molecular complexity index is 1520. The van der Waals surface area contributed by atoms with E-state index in [2.05, 4.69) is 28.3 Å². The Morgan fingerprint density at radius 2 is 1.80 bits per heavy atom. The number of thiazole rings is 1. The minimum Gasteiger partial charge on any atom is -0.485 e. The Morgan fingerprint density at radius 1 is 1.00 bits per heavy atom. The molecule has 0 fully saturated rings. The number of para-hydroxylation sites is 2. The fourth-order valence-corrected chi connectivity index (χ4v) is 4.56. The van der Waals surface area contributed by atoms with Crippen molar-refractivity contribution >= 4 is 33.1 Å². The number of aromatic nitrogens is 3. The van der Waals surface area contributed by atoms with Crippen molar-refractivity contribution in [1.29, 1.82) is 0 Å². The standard InChI is InChI=1S/C23H15N3O3S/c27-22-20(12-15-8-5-7-14-6-1-2-9-16(14)15)30-23-24-21(25-26(22)23)19-13-28-17-10-3-4-11-18(17)29-19/h1-12,19H,13H2/b20-12+. The van der Waals surface area contributed by atoms with Gasteiger partial charge in [-0.2, -0.15) is 9.50 Å². The lowest BCUT2D eigenvalue weighted by Gasteiger charge is -2.24. The molecular formula is C23H15N3O3S. The van der Waals surface area contributed by atoms with Crippen LogP contribution in [0.2, 0.25) is 0 Å². The molecule has 3 aromatic carbocycles. The molecule has 3 heterocycles. The zero-order valence-electron chi connectivity index (χ0n) is 15.7. The van der Waals surface area contributed by atoms with Crippen LogP contribution in [0.25, 0.3) is 21.8 Å². The predicted molar refractivity (Wildman–Crippen MR) is 115 cm³/mol. The van der Waals surface area contributed by atoms with E-state index in [1.54, 1.807) is 0 Å². The molecule has 0 saturated carbocycles. The minimum atomic E-state index is -0.447. The van der Waals surface area contributed by atoms with Crippen LogP contribution in [0.15, 0.2) is 71.5 Å². The molecule has 0 N–H and O–H groups in total. The maximum Gasteiger partial charge on any atom is 0.291 e. The largest absolute Gasteiger partial charge is 0.485 e. The predicted octanol–water partition coefficient (Wildman–Crippen LogP) is 3.36. The summed E-state index contributed by atoms with van der Waals surface area (Å²) in [4.78, 5) is 18.0. The number of hydrogen-bond donors (Lipinski definition) is 0. The molecular weight excluding hydrogens is 398 g/mol. The van der Waals surface area contributed by atoms with E-state index in [0.717, 1.165) is 16.3 Å². The van der Waals surface area contributed by atoms with Gasteiger partial charge in [-0.1, -0.05) is 65.9 Å². The van der Waals surface area contributed by atoms with Crippen LogP contribution in [0.4, 0.5) is 0 Å². The summed E-state index contributed by atoms with van der Waals surface area (Å²) >= 11 is 1.32. The fourth-order valence-electron chi connectivity index (χ4n) is 3.65. The first-order chi connectivity index (χ1) is 14.8. The highest BCUT2D eigenvalue weighted by molar-refractivity contribution is 7.15. The molecule has 2 aromatic heterocycles. The first kappa shape index (κ1) is 17.2. The van der Waals surface area contributed by atoms with Crippen LogP contribution >= 0.6 is 11.3 Å². The van der Waals surface area contributed by atoms with E-state index in [-0.39, 0.29) is 5.56 Å². The molecule has 0 aliphatic carbocycles. The monoisotopic (exact) mass is 413 g/mol. The molecule has 6 rings (SSSR count). The fraction of sp³-hybridized carbons (Fsp3) is 0.0870. The molecule has 0 radical (unpaired) electrons. The van der Waals surface area contributed by atoms with Crippen LogP contribution in [0.1, 0.15) is 17.5 Å². The molecule has 1 aliphatic rings. The minimum absolute atomic E-state index is 0.182. The topological polar surface area (TPSA) is 65.7 Å². The lowest BCUT2D eigenvalue weighted by Crippen LogP contribution is -2.26. The Balaban J connectivity index is 1.40. The molecule has 0 spiro atoms. The summed E-state index contributed by atoms with van der Waals surface area (Å²) in [7, 11) is 0. The van der Waals surface area contributed by atoms with Crippen molar-refractivity contribution in [3.63, 3.8) is 0 Å². The zero-order chi connectivity index (χ0) is 20.1. The lowest BCUT2D eigenvalue weighted by molar-refractivity contribution is 0.0852. The first-order valence-corrected chi connectivity index (χ1v) is 10.4. The molecule has 0 amide bonds. The quantitative estimate of drug-likeness (QED) is 0.444. The summed E-state index contributed by atoms with van der Waals surface area (Å²) in [6, 6.07) is 21.7. The Labute approximate surface area is 174 Å². The van der Waals surface area contributed by atoms with Gasteiger partial charge in [0.2, 0.25) is 4.96 Å². The van der Waals surface area contributed by atoms with E-state index >= 15 is 0 Å². The van der Waals surface area contributed by atoms with Gasteiger partial charge < -0.3 is 9.47 Å². The van der Waals surface area contributed by atoms with E-state index in [1.165, 1.54) is 15.9 Å². The van der Waals surface area contributed by atoms with Crippen molar-refractivity contribution in [3.8, 4) is 11.5 Å². The van der Waals surface area contributed by atoms with Crippen molar-refractivity contribution < 1.29 is 9.47 Å². The summed E-state index contributed by atoms with van der Waals surface area (Å²) in [5.41, 5.74) is 0.814. The maximum atomic E-state index is 12.9. The van der Waals surface area contributed by atoms with Crippen molar-refractivity contribution in [1.82, 2.24) is 14.6 Å². The van der Waals surface area contributed by atoms with Gasteiger partial charge >= 0.3 is 0 Å². The van der Waals surface area contributed by atoms with Gasteiger partial charge in [0, 0.05) is 0 Å². The van der Waals surface area contributed by atoms with Crippen LogP contribution in [0, 0.1) is 0 Å². The molecule has 1 aliphatic heterocycles. The Kier molecular flexibility index (Phi) is 3.82. The molecule has 146 valence electrons. The number of benzene rings is 3. The number of rotatable bonds is 2. The number of hydrogen-bond acceptors (Lipinski definition) is 6. The second-order valence-corrected chi connectivity index (χ2v) is 8.02. The third kappa shape index (κ3) is 2.74. The first-order valence-electron chi connectivity index (χ1n) is 9.54. The van der Waals surface area contributed by atoms with E-state index in [0.29, 0.717) is 33.4 Å². The molecule has 0 bridgehead atoms. The maximum absolute atomic E-state index is 12.9. The van der Waals surface area contributed by atoms with E-state index in [4.69, 9.17) is 9.47 Å². The normalized spacial score (nSPS) is 16.4. The molecule has 7 heteroatoms. The van der Waals surface area contributed by atoms with Gasteiger partial charge in [-0.05, 0) is 34.5 Å². The molecule has 30 heavy (non-hydrogen) atoms. The van der Waals surface area contributed by atoms with Gasteiger partial charge in [0.05, 0.1) is 4.53 Å². The van der Waals surface area contributed by atoms with Crippen LogP contribution in [-0.4, -0.2) is 21.2 Å². The van der Waals surface area contributed by atoms with Crippen LogP contribution < -0.4 is 19.6 Å². The van der Waals surface area contributed by atoms with Crippen molar-refractivity contribution in [2.45, 2.75) is 6.10 Å². The van der Waals surface area contributed by atoms with Gasteiger partial charge in [0.15, 0.2) is 23.4 Å². The van der Waals surface area contributed by atoms with E-state index in [9.17, 15) is 4.79 Å². The zero-order valence-corrected chi connectivity index (χ0v) is 16.5. The van der Waals surface area contributed by atoms with E-state index < -0.39 is 6.10 Å². The lowest BCUT2D eigenvalue weighted by atomic mass is 10.0. The van der Waals surface area contributed by atoms with Crippen LogP contribution in [-0.2, 0) is 0 Å². The van der Waals surface area contributed by atoms with Gasteiger partial charge in [-0.3, -0.25) is 4.79 Å². The van der Waals surface area contributed by atoms with Gasteiger partial charge in [0.25, 0.3) is 5.56 Å². The van der Waals surface area contributed by atoms with Gasteiger partial charge in [-0.25, -0.2) is 0 Å². The smallest absolute Gasteiger partial charge is 0.291 e. The summed E-state index contributed by atoms with van der Waals surface area (Å²) in [6.45, 7) is 0.304. The third-order valence-electron chi connectivity index (χ3n) is 5.10.